The second kappa shape index (κ2) is 16.1. The first-order chi connectivity index (χ1) is 14.9. The standard InChI is InChI=1S/C22H42O8Si2/c1-19(23)11-7-12-21(25)28-15-10-16-29-22(26)14-9-18-32(5,6)30-31(3,4)17-8-13-20(24)27-2/h7-18H2,1-6H3. The van der Waals surface area contributed by atoms with Crippen LogP contribution >= 0.6 is 0 Å². The molecule has 0 saturated heterocycles. The van der Waals surface area contributed by atoms with Gasteiger partial charge in [-0.25, -0.2) is 0 Å². The molecule has 0 aromatic rings. The molecule has 0 unspecified atom stereocenters. The van der Waals surface area contributed by atoms with Crippen LogP contribution in [0.1, 0.15) is 58.3 Å². The van der Waals surface area contributed by atoms with Crippen molar-refractivity contribution in [1.29, 1.82) is 0 Å². The lowest BCUT2D eigenvalue weighted by atomic mass is 10.2. The van der Waals surface area contributed by atoms with Gasteiger partial charge in [0, 0.05) is 32.1 Å². The van der Waals surface area contributed by atoms with Crippen molar-refractivity contribution in [2.75, 3.05) is 20.3 Å². The van der Waals surface area contributed by atoms with Gasteiger partial charge >= 0.3 is 17.9 Å². The van der Waals surface area contributed by atoms with Gasteiger partial charge in [-0.2, -0.15) is 0 Å². The van der Waals surface area contributed by atoms with Crippen LogP contribution in [0.25, 0.3) is 0 Å². The maximum absolute atomic E-state index is 11.9. The topological polar surface area (TPSA) is 105 Å². The summed E-state index contributed by atoms with van der Waals surface area (Å²) in [7, 11) is -2.38. The molecule has 0 amide bonds. The molecule has 0 N–H and O–H groups in total. The summed E-state index contributed by atoms with van der Waals surface area (Å²) < 4.78 is 21.4. The van der Waals surface area contributed by atoms with Gasteiger partial charge in [-0.05, 0) is 64.5 Å². The lowest BCUT2D eigenvalue weighted by Gasteiger charge is -2.34. The lowest BCUT2D eigenvalue weighted by molar-refractivity contribution is -0.146. The van der Waals surface area contributed by atoms with Gasteiger partial charge in [-0.1, -0.05) is 0 Å². The summed E-state index contributed by atoms with van der Waals surface area (Å²) in [6, 6.07) is 1.77. The van der Waals surface area contributed by atoms with Gasteiger partial charge < -0.3 is 23.1 Å². The van der Waals surface area contributed by atoms with Crippen molar-refractivity contribution >= 4 is 40.3 Å². The van der Waals surface area contributed by atoms with Crippen molar-refractivity contribution in [1.82, 2.24) is 0 Å². The highest BCUT2D eigenvalue weighted by atomic mass is 28.4. The summed E-state index contributed by atoms with van der Waals surface area (Å²) in [6.45, 7) is 10.6. The molecular formula is C22H42O8Si2. The maximum Gasteiger partial charge on any atom is 0.305 e. The fraction of sp³-hybridized carbons (Fsp3) is 0.818. The Morgan fingerprint density at radius 2 is 1.06 bits per heavy atom. The molecule has 186 valence electrons. The third kappa shape index (κ3) is 18.1. The number of methoxy groups -OCH3 is 1. The van der Waals surface area contributed by atoms with Crippen LogP contribution in [0.4, 0.5) is 0 Å². The first-order valence-corrected chi connectivity index (χ1v) is 17.7. The molecule has 0 spiro atoms. The van der Waals surface area contributed by atoms with Crippen molar-refractivity contribution in [2.24, 2.45) is 0 Å². The summed E-state index contributed by atoms with van der Waals surface area (Å²) in [5, 5.41) is 0. The highest BCUT2D eigenvalue weighted by molar-refractivity contribution is 6.84. The van der Waals surface area contributed by atoms with E-state index in [9.17, 15) is 19.2 Å². The molecule has 0 bridgehead atoms. The van der Waals surface area contributed by atoms with E-state index in [2.05, 4.69) is 30.9 Å². The van der Waals surface area contributed by atoms with Gasteiger partial charge in [0.1, 0.15) is 5.78 Å². The number of esters is 3. The van der Waals surface area contributed by atoms with Crippen molar-refractivity contribution < 1.29 is 37.5 Å². The lowest BCUT2D eigenvalue weighted by Crippen LogP contribution is -2.44. The van der Waals surface area contributed by atoms with E-state index >= 15 is 0 Å². The van der Waals surface area contributed by atoms with E-state index in [0.717, 1.165) is 24.9 Å². The molecule has 0 heterocycles. The first-order valence-electron chi connectivity index (χ1n) is 11.4. The Balaban J connectivity index is 3.93. The fourth-order valence-corrected chi connectivity index (χ4v) is 12.2. The Hall–Kier alpha value is -1.53. The van der Waals surface area contributed by atoms with Crippen molar-refractivity contribution in [3.8, 4) is 0 Å². The van der Waals surface area contributed by atoms with Crippen LogP contribution < -0.4 is 0 Å². The smallest absolute Gasteiger partial charge is 0.305 e. The molecule has 0 aliphatic heterocycles. The van der Waals surface area contributed by atoms with E-state index in [0.29, 0.717) is 32.1 Å². The first kappa shape index (κ1) is 30.5. The number of hydrogen-bond acceptors (Lipinski definition) is 8. The number of hydrogen-bond donors (Lipinski definition) is 0. The van der Waals surface area contributed by atoms with Crippen LogP contribution in [0.5, 0.6) is 0 Å². The van der Waals surface area contributed by atoms with Crippen LogP contribution in [0.3, 0.4) is 0 Å². The van der Waals surface area contributed by atoms with Crippen molar-refractivity contribution in [3.05, 3.63) is 0 Å². The van der Waals surface area contributed by atoms with Gasteiger partial charge in [0.05, 0.1) is 20.3 Å². The molecule has 0 aliphatic rings. The zero-order valence-electron chi connectivity index (χ0n) is 20.8. The highest BCUT2D eigenvalue weighted by Crippen LogP contribution is 2.25. The third-order valence-corrected chi connectivity index (χ3v) is 12.4. The monoisotopic (exact) mass is 490 g/mol. The summed E-state index contributed by atoms with van der Waals surface area (Å²) in [5.41, 5.74) is 0. The summed E-state index contributed by atoms with van der Waals surface area (Å²) >= 11 is 0. The molecule has 0 aromatic carbocycles. The quantitative estimate of drug-likeness (QED) is 0.121. The van der Waals surface area contributed by atoms with Crippen molar-refractivity contribution in [2.45, 2.75) is 96.6 Å². The Morgan fingerprint density at radius 3 is 1.50 bits per heavy atom. The summed E-state index contributed by atoms with van der Waals surface area (Å²) in [5.74, 6) is -0.713. The largest absolute Gasteiger partial charge is 0.469 e. The Kier molecular flexibility index (Phi) is 15.4. The van der Waals surface area contributed by atoms with Crippen LogP contribution in [0.2, 0.25) is 38.3 Å². The van der Waals surface area contributed by atoms with E-state index in [-0.39, 0.29) is 43.3 Å². The molecule has 0 radical (unpaired) electrons. The molecule has 8 nitrogen and oxygen atoms in total. The van der Waals surface area contributed by atoms with E-state index in [1.807, 2.05) is 0 Å². The number of Topliss-reactive ketones (excluding diaryl/α,β-unsaturated/α-hetero) is 1. The SMILES string of the molecule is COC(=O)CCC[Si](C)(C)O[Si](C)(C)CCCC(=O)OCCCOC(=O)CCCC(C)=O. The zero-order chi connectivity index (χ0) is 24.6. The minimum Gasteiger partial charge on any atom is -0.469 e. The normalized spacial score (nSPS) is 11.7. The minimum atomic E-state index is -1.91. The van der Waals surface area contributed by atoms with Gasteiger partial charge in [0.25, 0.3) is 0 Å². The number of ether oxygens (including phenoxy) is 3. The Bertz CT molecular complexity index is 605. The molecule has 0 aliphatic carbocycles. The highest BCUT2D eigenvalue weighted by Gasteiger charge is 2.32. The van der Waals surface area contributed by atoms with Gasteiger partial charge in [-0.3, -0.25) is 14.4 Å². The van der Waals surface area contributed by atoms with E-state index in [1.165, 1.54) is 14.0 Å². The Labute approximate surface area is 195 Å². The van der Waals surface area contributed by atoms with Crippen LogP contribution in [-0.2, 0) is 37.5 Å². The average molecular weight is 491 g/mol. The fourth-order valence-electron chi connectivity index (χ4n) is 3.33. The molecule has 0 fully saturated rings. The maximum atomic E-state index is 11.9. The summed E-state index contributed by atoms with van der Waals surface area (Å²) in [4.78, 5) is 45.5. The molecule has 32 heavy (non-hydrogen) atoms. The van der Waals surface area contributed by atoms with Crippen LogP contribution in [0, 0.1) is 0 Å². The van der Waals surface area contributed by atoms with Gasteiger partial charge in [0.15, 0.2) is 16.6 Å². The van der Waals surface area contributed by atoms with Gasteiger partial charge in [0.2, 0.25) is 0 Å². The van der Waals surface area contributed by atoms with E-state index in [1.54, 1.807) is 0 Å². The second-order valence-corrected chi connectivity index (χ2v) is 18.1. The number of carbonyl (C=O) groups is 4. The van der Waals surface area contributed by atoms with E-state index in [4.69, 9.17) is 13.6 Å². The summed E-state index contributed by atoms with van der Waals surface area (Å²) in [6.07, 6.45) is 3.82. The zero-order valence-corrected chi connectivity index (χ0v) is 22.8. The number of carbonyl (C=O) groups excluding carboxylic acids is 4. The predicted molar refractivity (Wildman–Crippen MR) is 127 cm³/mol. The third-order valence-electron chi connectivity index (χ3n) is 4.82. The Morgan fingerprint density at radius 1 is 0.625 bits per heavy atom. The van der Waals surface area contributed by atoms with Crippen LogP contribution in [0.15, 0.2) is 0 Å². The van der Waals surface area contributed by atoms with Crippen LogP contribution in [-0.4, -0.2) is 60.6 Å². The second-order valence-electron chi connectivity index (χ2n) is 9.25. The minimum absolute atomic E-state index is 0.0590. The molecular weight excluding hydrogens is 448 g/mol. The molecule has 0 aromatic heterocycles. The number of ketones is 1. The average Bonchev–Trinajstić information content (AvgIpc) is 2.65. The van der Waals surface area contributed by atoms with E-state index < -0.39 is 16.6 Å². The molecule has 10 heteroatoms. The number of rotatable bonds is 18. The van der Waals surface area contributed by atoms with Gasteiger partial charge in [-0.15, -0.1) is 0 Å². The molecule has 0 rings (SSSR count). The van der Waals surface area contributed by atoms with Crippen molar-refractivity contribution in [3.63, 3.8) is 0 Å². The predicted octanol–water partition coefficient (Wildman–Crippen LogP) is 4.38. The molecule has 0 atom stereocenters. The molecule has 0 saturated carbocycles.